The molecule has 0 bridgehead atoms. The van der Waals surface area contributed by atoms with Gasteiger partial charge in [-0.25, -0.2) is 4.98 Å². The van der Waals surface area contributed by atoms with Gasteiger partial charge in [0.05, 0.1) is 28.8 Å². The van der Waals surface area contributed by atoms with Crippen molar-refractivity contribution in [3.05, 3.63) is 59.5 Å². The molecule has 0 radical (unpaired) electrons. The number of aryl methyl sites for hydroxylation is 2. The molecule has 0 fully saturated rings. The van der Waals surface area contributed by atoms with Crippen LogP contribution in [0.5, 0.6) is 0 Å². The van der Waals surface area contributed by atoms with Gasteiger partial charge in [0.1, 0.15) is 0 Å². The van der Waals surface area contributed by atoms with Crippen molar-refractivity contribution in [2.24, 2.45) is 5.73 Å². The summed E-state index contributed by atoms with van der Waals surface area (Å²) in [7, 11) is 0. The normalized spacial score (nSPS) is 11.0. The van der Waals surface area contributed by atoms with Crippen LogP contribution in [0.25, 0.3) is 33.4 Å². The maximum atomic E-state index is 12.0. The fraction of sp³-hybridized carbons (Fsp3) is 0.100. The lowest BCUT2D eigenvalue weighted by Crippen LogP contribution is -2.17. The van der Waals surface area contributed by atoms with Gasteiger partial charge in [-0.2, -0.15) is 5.10 Å². The van der Waals surface area contributed by atoms with Crippen LogP contribution in [0.3, 0.4) is 0 Å². The van der Waals surface area contributed by atoms with E-state index in [1.54, 1.807) is 12.4 Å². The van der Waals surface area contributed by atoms with Crippen LogP contribution in [0.15, 0.2) is 42.7 Å². The number of nitrogen functional groups attached to an aromatic ring is 1. The number of primary amides is 1. The van der Waals surface area contributed by atoms with Gasteiger partial charge in [0.15, 0.2) is 5.69 Å². The Balaban J connectivity index is 2.07. The van der Waals surface area contributed by atoms with Gasteiger partial charge < -0.3 is 11.5 Å². The van der Waals surface area contributed by atoms with Crippen LogP contribution in [0, 0.1) is 13.8 Å². The van der Waals surface area contributed by atoms with E-state index in [-0.39, 0.29) is 11.4 Å². The molecule has 27 heavy (non-hydrogen) atoms. The topological polar surface area (TPSA) is 124 Å². The zero-order valence-corrected chi connectivity index (χ0v) is 14.9. The lowest BCUT2D eigenvalue weighted by molar-refractivity contribution is 0.0996. The minimum atomic E-state index is -0.680. The number of anilines is 1. The van der Waals surface area contributed by atoms with Crippen molar-refractivity contribution in [1.82, 2.24) is 20.2 Å². The summed E-state index contributed by atoms with van der Waals surface area (Å²) in [5.74, 6) is -0.680. The Bertz CT molecular complexity index is 1190. The number of aromatic amines is 1. The molecule has 134 valence electrons. The third-order valence-electron chi connectivity index (χ3n) is 4.57. The van der Waals surface area contributed by atoms with E-state index in [9.17, 15) is 4.79 Å². The molecule has 4 rings (SSSR count). The van der Waals surface area contributed by atoms with E-state index in [0.29, 0.717) is 17.0 Å². The zero-order chi connectivity index (χ0) is 19.1. The van der Waals surface area contributed by atoms with Crippen LogP contribution < -0.4 is 11.5 Å². The largest absolute Gasteiger partial charge is 0.396 e. The molecule has 4 aromatic rings. The summed E-state index contributed by atoms with van der Waals surface area (Å²) in [5.41, 5.74) is 17.8. The number of nitrogens with two attached hydrogens (primary N) is 2. The minimum Gasteiger partial charge on any atom is -0.396 e. The second-order valence-electron chi connectivity index (χ2n) is 6.49. The zero-order valence-electron chi connectivity index (χ0n) is 14.9. The molecule has 0 unspecified atom stereocenters. The molecule has 0 saturated heterocycles. The summed E-state index contributed by atoms with van der Waals surface area (Å²) in [6.45, 7) is 3.95. The lowest BCUT2D eigenvalue weighted by atomic mass is 9.94. The number of hydrogen-bond donors (Lipinski definition) is 3. The van der Waals surface area contributed by atoms with Crippen molar-refractivity contribution in [3.8, 4) is 22.5 Å². The van der Waals surface area contributed by atoms with Gasteiger partial charge in [0.25, 0.3) is 5.91 Å². The number of nitrogens with zero attached hydrogens (tertiary/aromatic N) is 3. The fourth-order valence-corrected chi connectivity index (χ4v) is 3.24. The van der Waals surface area contributed by atoms with E-state index >= 15 is 0 Å². The molecule has 7 heteroatoms. The van der Waals surface area contributed by atoms with Gasteiger partial charge in [-0.1, -0.05) is 6.07 Å². The van der Waals surface area contributed by atoms with Gasteiger partial charge in [0.2, 0.25) is 0 Å². The number of hydrogen-bond acceptors (Lipinski definition) is 5. The van der Waals surface area contributed by atoms with E-state index in [4.69, 9.17) is 11.5 Å². The molecule has 0 aliphatic heterocycles. The Morgan fingerprint density at radius 2 is 1.93 bits per heavy atom. The van der Waals surface area contributed by atoms with Crippen molar-refractivity contribution < 1.29 is 4.79 Å². The van der Waals surface area contributed by atoms with Crippen molar-refractivity contribution in [2.45, 2.75) is 13.8 Å². The first-order valence-electron chi connectivity index (χ1n) is 8.42. The molecule has 3 heterocycles. The standard InChI is InChI=1S/C20H18N6O/c1-10-5-6-23-15(7-10)16-8-12(18(21)19(25-16)20(22)27)17-11(2)3-4-14-13(17)9-24-26-14/h3-9H,21H2,1-2H3,(H2,22,27)(H,24,26). The molecule has 1 aromatic carbocycles. The summed E-state index contributed by atoms with van der Waals surface area (Å²) in [6.07, 6.45) is 3.44. The van der Waals surface area contributed by atoms with E-state index in [2.05, 4.69) is 20.2 Å². The number of aromatic nitrogens is 4. The Labute approximate surface area is 155 Å². The molecule has 0 spiro atoms. The maximum absolute atomic E-state index is 12.0. The molecule has 3 aromatic heterocycles. The van der Waals surface area contributed by atoms with Gasteiger partial charge in [0, 0.05) is 17.1 Å². The highest BCUT2D eigenvalue weighted by Gasteiger charge is 2.20. The summed E-state index contributed by atoms with van der Waals surface area (Å²) >= 11 is 0. The predicted octanol–water partition coefficient (Wildman–Crippen LogP) is 2.98. The molecule has 5 N–H and O–H groups in total. The second kappa shape index (κ2) is 6.21. The first kappa shape index (κ1) is 16.7. The molecule has 0 aliphatic carbocycles. The smallest absolute Gasteiger partial charge is 0.269 e. The number of nitrogens with one attached hydrogen (secondary N) is 1. The number of rotatable bonds is 3. The van der Waals surface area contributed by atoms with Gasteiger partial charge in [-0.3, -0.25) is 14.9 Å². The SMILES string of the molecule is Cc1ccnc(-c2cc(-c3c(C)ccc4[nH]ncc34)c(N)c(C(N)=O)n2)c1. The van der Waals surface area contributed by atoms with Crippen molar-refractivity contribution in [3.63, 3.8) is 0 Å². The van der Waals surface area contributed by atoms with Crippen molar-refractivity contribution in [2.75, 3.05) is 5.73 Å². The number of carbonyl (C=O) groups excluding carboxylic acids is 1. The van der Waals surface area contributed by atoms with Gasteiger partial charge in [-0.05, 0) is 54.8 Å². The molecule has 7 nitrogen and oxygen atoms in total. The summed E-state index contributed by atoms with van der Waals surface area (Å²) in [5, 5.41) is 7.99. The number of H-pyrrole nitrogens is 1. The number of pyridine rings is 2. The molecular weight excluding hydrogens is 340 g/mol. The average molecular weight is 358 g/mol. The van der Waals surface area contributed by atoms with Crippen LogP contribution in [0.1, 0.15) is 21.6 Å². The van der Waals surface area contributed by atoms with Gasteiger partial charge in [-0.15, -0.1) is 0 Å². The van der Waals surface area contributed by atoms with E-state index in [1.807, 2.05) is 44.2 Å². The quantitative estimate of drug-likeness (QED) is 0.519. The molecule has 0 atom stereocenters. The maximum Gasteiger partial charge on any atom is 0.269 e. The van der Waals surface area contributed by atoms with Crippen LogP contribution in [-0.4, -0.2) is 26.1 Å². The third kappa shape index (κ3) is 2.79. The highest BCUT2D eigenvalue weighted by Crippen LogP contribution is 2.37. The van der Waals surface area contributed by atoms with E-state index in [1.165, 1.54) is 0 Å². The minimum absolute atomic E-state index is 0.0331. The Hall–Kier alpha value is -3.74. The van der Waals surface area contributed by atoms with E-state index < -0.39 is 5.91 Å². The number of amides is 1. The Morgan fingerprint density at radius 1 is 1.11 bits per heavy atom. The number of benzene rings is 1. The molecule has 1 amide bonds. The first-order chi connectivity index (χ1) is 13.0. The van der Waals surface area contributed by atoms with E-state index in [0.717, 1.165) is 27.6 Å². The molecule has 0 saturated carbocycles. The lowest BCUT2D eigenvalue weighted by Gasteiger charge is -2.14. The van der Waals surface area contributed by atoms with Crippen LogP contribution in [-0.2, 0) is 0 Å². The fourth-order valence-electron chi connectivity index (χ4n) is 3.24. The summed E-state index contributed by atoms with van der Waals surface area (Å²) < 4.78 is 0. The first-order valence-corrected chi connectivity index (χ1v) is 8.42. The third-order valence-corrected chi connectivity index (χ3v) is 4.57. The summed E-state index contributed by atoms with van der Waals surface area (Å²) in [6, 6.07) is 9.57. The molecular formula is C20H18N6O. The Morgan fingerprint density at radius 3 is 2.67 bits per heavy atom. The highest BCUT2D eigenvalue weighted by molar-refractivity contribution is 6.05. The highest BCUT2D eigenvalue weighted by atomic mass is 16.1. The van der Waals surface area contributed by atoms with Crippen LogP contribution in [0.2, 0.25) is 0 Å². The predicted molar refractivity (Wildman–Crippen MR) is 105 cm³/mol. The Kier molecular flexibility index (Phi) is 3.84. The molecule has 0 aliphatic rings. The van der Waals surface area contributed by atoms with Crippen LogP contribution in [0.4, 0.5) is 5.69 Å². The second-order valence-corrected chi connectivity index (χ2v) is 6.49. The van der Waals surface area contributed by atoms with Crippen LogP contribution >= 0.6 is 0 Å². The average Bonchev–Trinajstić information content (AvgIpc) is 3.11. The van der Waals surface area contributed by atoms with Gasteiger partial charge >= 0.3 is 0 Å². The number of fused-ring (bicyclic) bond motifs is 1. The number of carbonyl (C=O) groups is 1. The monoisotopic (exact) mass is 358 g/mol. The summed E-state index contributed by atoms with van der Waals surface area (Å²) in [4.78, 5) is 20.8. The van der Waals surface area contributed by atoms with Crippen molar-refractivity contribution >= 4 is 22.5 Å². The van der Waals surface area contributed by atoms with Crippen molar-refractivity contribution in [1.29, 1.82) is 0 Å².